The van der Waals surface area contributed by atoms with Gasteiger partial charge in [0.05, 0.1) is 11.5 Å². The molecule has 0 spiro atoms. The smallest absolute Gasteiger partial charge is 0.311 e. The minimum atomic E-state index is -3.68. The number of aryl methyl sites for hydroxylation is 1. The van der Waals surface area contributed by atoms with Crippen molar-refractivity contribution in [2.45, 2.75) is 11.4 Å². The number of imidazole rings is 1. The maximum atomic E-state index is 11.9. The Morgan fingerprint density at radius 2 is 1.92 bits per heavy atom. The van der Waals surface area contributed by atoms with Gasteiger partial charge in [-0.1, -0.05) is 6.07 Å². The highest BCUT2D eigenvalue weighted by Crippen LogP contribution is 2.35. The fourth-order valence-electron chi connectivity index (χ4n) is 3.14. The van der Waals surface area contributed by atoms with Crippen molar-refractivity contribution in [2.75, 3.05) is 37.3 Å². The van der Waals surface area contributed by atoms with E-state index in [0.717, 1.165) is 12.1 Å². The van der Waals surface area contributed by atoms with Crippen LogP contribution in [0.1, 0.15) is 5.82 Å². The Morgan fingerprint density at radius 3 is 2.46 bits per heavy atom. The van der Waals surface area contributed by atoms with Gasteiger partial charge in [0, 0.05) is 51.9 Å². The van der Waals surface area contributed by atoms with Crippen molar-refractivity contribution in [1.29, 1.82) is 0 Å². The van der Waals surface area contributed by atoms with Crippen molar-refractivity contribution in [1.82, 2.24) is 14.5 Å². The molecule has 140 valence electrons. The Labute approximate surface area is 151 Å². The van der Waals surface area contributed by atoms with Crippen molar-refractivity contribution in [3.05, 3.63) is 46.5 Å². The van der Waals surface area contributed by atoms with Crippen molar-refractivity contribution in [3.8, 4) is 0 Å². The number of aromatic nitrogens is 2. The first kappa shape index (κ1) is 18.3. The topological polar surface area (TPSA) is 102 Å². The summed E-state index contributed by atoms with van der Waals surface area (Å²) in [6.45, 7) is 3.31. The fourth-order valence-corrected chi connectivity index (χ4v) is 4.00. The molecule has 1 aromatic heterocycles. The molecular weight excluding hydrogens is 358 g/mol. The second kappa shape index (κ2) is 7.04. The van der Waals surface area contributed by atoms with E-state index in [4.69, 9.17) is 0 Å². The largest absolute Gasteiger partial charge is 0.363 e. The summed E-state index contributed by atoms with van der Waals surface area (Å²) in [6.07, 6.45) is 4.64. The molecule has 1 aliphatic rings. The van der Waals surface area contributed by atoms with E-state index in [1.807, 2.05) is 22.7 Å². The first-order valence-electron chi connectivity index (χ1n) is 8.18. The Balaban J connectivity index is 1.79. The van der Waals surface area contributed by atoms with Gasteiger partial charge < -0.3 is 9.47 Å². The molecule has 26 heavy (non-hydrogen) atoms. The molecule has 1 aliphatic heterocycles. The number of sulfone groups is 1. The number of hydrogen-bond acceptors (Lipinski definition) is 7. The summed E-state index contributed by atoms with van der Waals surface area (Å²) < 4.78 is 25.8. The van der Waals surface area contributed by atoms with Crippen LogP contribution in [0.15, 0.2) is 35.5 Å². The summed E-state index contributed by atoms with van der Waals surface area (Å²) >= 11 is 0. The molecule has 10 heteroatoms. The van der Waals surface area contributed by atoms with Gasteiger partial charge in [0.15, 0.2) is 9.84 Å². The van der Waals surface area contributed by atoms with Crippen LogP contribution in [-0.2, 0) is 23.4 Å². The van der Waals surface area contributed by atoms with Crippen LogP contribution < -0.4 is 4.90 Å². The minimum absolute atomic E-state index is 0.240. The van der Waals surface area contributed by atoms with Gasteiger partial charge in [-0.2, -0.15) is 0 Å². The lowest BCUT2D eigenvalue weighted by Crippen LogP contribution is -2.46. The summed E-state index contributed by atoms with van der Waals surface area (Å²) in [7, 11) is -1.74. The van der Waals surface area contributed by atoms with Gasteiger partial charge in [0.1, 0.15) is 16.4 Å². The summed E-state index contributed by atoms with van der Waals surface area (Å²) in [4.78, 5) is 19.1. The zero-order valence-electron chi connectivity index (χ0n) is 14.7. The number of nitrogens with zero attached hydrogens (tertiary/aromatic N) is 5. The Bertz CT molecular complexity index is 916. The molecular formula is C16H21N5O4S. The number of para-hydroxylation sites is 1. The van der Waals surface area contributed by atoms with Gasteiger partial charge in [0.25, 0.3) is 0 Å². The average Bonchev–Trinajstić information content (AvgIpc) is 2.99. The molecule has 0 radical (unpaired) electrons. The van der Waals surface area contributed by atoms with Crippen LogP contribution in [0.3, 0.4) is 0 Å². The molecule has 0 N–H and O–H groups in total. The highest BCUT2D eigenvalue weighted by Gasteiger charge is 2.30. The van der Waals surface area contributed by atoms with Crippen molar-refractivity contribution >= 4 is 21.2 Å². The zero-order chi connectivity index (χ0) is 18.9. The molecule has 0 saturated carbocycles. The van der Waals surface area contributed by atoms with Crippen LogP contribution in [0.25, 0.3) is 0 Å². The summed E-state index contributed by atoms with van der Waals surface area (Å²) in [5.74, 6) is 0.962. The number of nitro groups is 1. The van der Waals surface area contributed by atoms with Gasteiger partial charge in [-0.15, -0.1) is 0 Å². The molecule has 2 aromatic rings. The van der Waals surface area contributed by atoms with Gasteiger partial charge in [-0.3, -0.25) is 15.0 Å². The van der Waals surface area contributed by atoms with E-state index in [2.05, 4.69) is 9.88 Å². The lowest BCUT2D eigenvalue weighted by atomic mass is 10.2. The van der Waals surface area contributed by atoms with Gasteiger partial charge in [-0.05, 0) is 12.1 Å². The molecule has 2 heterocycles. The third kappa shape index (κ3) is 3.70. The highest BCUT2D eigenvalue weighted by molar-refractivity contribution is 7.90. The average molecular weight is 379 g/mol. The normalized spacial score (nSPS) is 16.0. The maximum absolute atomic E-state index is 11.9. The Morgan fingerprint density at radius 1 is 1.23 bits per heavy atom. The van der Waals surface area contributed by atoms with E-state index in [0.29, 0.717) is 38.4 Å². The molecule has 0 atom stereocenters. The van der Waals surface area contributed by atoms with Crippen molar-refractivity contribution in [3.63, 3.8) is 0 Å². The van der Waals surface area contributed by atoms with Crippen LogP contribution in [-0.4, -0.2) is 60.2 Å². The van der Waals surface area contributed by atoms with Crippen molar-refractivity contribution < 1.29 is 13.3 Å². The number of rotatable bonds is 5. The standard InChI is InChI=1S/C16H21N5O4S/c1-18-7-6-17-15(18)12-19-8-10-20(11-9-19)13-4-3-5-14(26(2,24)25)16(13)21(22)23/h3-7H,8-12H2,1-2H3. The third-order valence-electron chi connectivity index (χ3n) is 4.56. The summed E-state index contributed by atoms with van der Waals surface area (Å²) in [5, 5.41) is 11.5. The molecule has 3 rings (SSSR count). The quantitative estimate of drug-likeness (QED) is 0.565. The van der Waals surface area contributed by atoms with Crippen LogP contribution in [0.5, 0.6) is 0 Å². The second-order valence-corrected chi connectivity index (χ2v) is 8.35. The van der Waals surface area contributed by atoms with Crippen LogP contribution in [0.2, 0.25) is 0 Å². The highest BCUT2D eigenvalue weighted by atomic mass is 32.2. The monoisotopic (exact) mass is 379 g/mol. The summed E-state index contributed by atoms with van der Waals surface area (Å²) in [5.41, 5.74) is 0.0158. The van der Waals surface area contributed by atoms with E-state index < -0.39 is 14.8 Å². The van der Waals surface area contributed by atoms with E-state index in [-0.39, 0.29) is 10.6 Å². The van der Waals surface area contributed by atoms with E-state index in [1.165, 1.54) is 6.07 Å². The SMILES string of the molecule is Cn1ccnc1CN1CCN(c2cccc(S(C)(=O)=O)c2[N+](=O)[O-])CC1. The number of piperazine rings is 1. The molecule has 9 nitrogen and oxygen atoms in total. The number of hydrogen-bond donors (Lipinski definition) is 0. The van der Waals surface area contributed by atoms with Gasteiger partial charge in [-0.25, -0.2) is 13.4 Å². The predicted molar refractivity (Wildman–Crippen MR) is 96.9 cm³/mol. The van der Waals surface area contributed by atoms with E-state index >= 15 is 0 Å². The Hall–Kier alpha value is -2.46. The minimum Gasteiger partial charge on any atom is -0.363 e. The zero-order valence-corrected chi connectivity index (χ0v) is 15.5. The van der Waals surface area contributed by atoms with Crippen LogP contribution >= 0.6 is 0 Å². The van der Waals surface area contributed by atoms with E-state index in [9.17, 15) is 18.5 Å². The lowest BCUT2D eigenvalue weighted by molar-refractivity contribution is -0.387. The molecule has 1 aromatic carbocycles. The predicted octanol–water partition coefficient (Wildman–Crippen LogP) is 1.05. The lowest BCUT2D eigenvalue weighted by Gasteiger charge is -2.35. The summed E-state index contributed by atoms with van der Waals surface area (Å²) in [6, 6.07) is 4.45. The number of anilines is 1. The van der Waals surface area contributed by atoms with Crippen LogP contribution in [0.4, 0.5) is 11.4 Å². The second-order valence-electron chi connectivity index (χ2n) is 6.37. The number of benzene rings is 1. The molecule has 0 aliphatic carbocycles. The first-order valence-corrected chi connectivity index (χ1v) is 10.1. The van der Waals surface area contributed by atoms with Gasteiger partial charge in [0.2, 0.25) is 0 Å². The fraction of sp³-hybridized carbons (Fsp3) is 0.438. The maximum Gasteiger partial charge on any atom is 0.311 e. The molecule has 0 amide bonds. The van der Waals surface area contributed by atoms with Crippen molar-refractivity contribution in [2.24, 2.45) is 7.05 Å². The van der Waals surface area contributed by atoms with Gasteiger partial charge >= 0.3 is 5.69 Å². The molecule has 0 unspecified atom stereocenters. The Kier molecular flexibility index (Phi) is 4.97. The first-order chi connectivity index (χ1) is 12.3. The molecule has 1 saturated heterocycles. The van der Waals surface area contributed by atoms with Crippen LogP contribution in [0, 0.1) is 10.1 Å². The number of nitro benzene ring substituents is 1. The molecule has 1 fully saturated rings. The molecule has 0 bridgehead atoms. The van der Waals surface area contributed by atoms with E-state index in [1.54, 1.807) is 18.3 Å². The third-order valence-corrected chi connectivity index (χ3v) is 5.69.